The van der Waals surface area contributed by atoms with Crippen molar-refractivity contribution in [2.75, 3.05) is 23.4 Å². The van der Waals surface area contributed by atoms with Gasteiger partial charge in [-0.05, 0) is 30.7 Å². The highest BCUT2D eigenvalue weighted by Gasteiger charge is 2.21. The van der Waals surface area contributed by atoms with E-state index in [1.807, 2.05) is 0 Å². The van der Waals surface area contributed by atoms with E-state index in [2.05, 4.69) is 25.3 Å². The summed E-state index contributed by atoms with van der Waals surface area (Å²) in [6, 6.07) is 5.14. The number of rotatable bonds is 8. The van der Waals surface area contributed by atoms with Crippen LogP contribution < -0.4 is 27.4 Å². The number of aliphatic carboxylic acids is 1. The first kappa shape index (κ1) is 22.1. The zero-order valence-electron chi connectivity index (χ0n) is 17.0. The van der Waals surface area contributed by atoms with E-state index in [-0.39, 0.29) is 35.8 Å². The molecule has 0 saturated heterocycles. The minimum atomic E-state index is -1.25. The van der Waals surface area contributed by atoms with E-state index < -0.39 is 23.8 Å². The number of fused-ring (bicyclic) bond motifs is 1. The van der Waals surface area contributed by atoms with Crippen LogP contribution in [0.2, 0.25) is 0 Å². The highest BCUT2D eigenvalue weighted by atomic mass is 16.4. The Balaban J connectivity index is 1.76. The van der Waals surface area contributed by atoms with Crippen molar-refractivity contribution >= 4 is 52.2 Å². The van der Waals surface area contributed by atoms with Gasteiger partial charge in [0.15, 0.2) is 22.8 Å². The molecule has 166 valence electrons. The van der Waals surface area contributed by atoms with Crippen molar-refractivity contribution in [3.8, 4) is 0 Å². The highest BCUT2D eigenvalue weighted by molar-refractivity contribution is 5.97. The molecule has 3 rings (SSSR count). The summed E-state index contributed by atoms with van der Waals surface area (Å²) < 4.78 is 0. The maximum absolute atomic E-state index is 12.4. The number of anilines is 4. The largest absolute Gasteiger partial charge is 0.480 e. The number of carboxylic acids is 1. The SMILES string of the molecule is CN(c1ccc(C(=O)N[C@@H](CCC(N)=O)C(=O)O)cc1)c1cnc2nc(N)nc(N)c2n1. The van der Waals surface area contributed by atoms with Crippen LogP contribution in [0.15, 0.2) is 30.5 Å². The molecule has 13 nitrogen and oxygen atoms in total. The topological polar surface area (TPSA) is 216 Å². The van der Waals surface area contributed by atoms with E-state index in [1.165, 1.54) is 18.3 Å². The third-order valence-corrected chi connectivity index (χ3v) is 4.58. The van der Waals surface area contributed by atoms with Crippen molar-refractivity contribution in [1.82, 2.24) is 25.3 Å². The molecule has 1 aromatic carbocycles. The van der Waals surface area contributed by atoms with E-state index in [9.17, 15) is 19.5 Å². The van der Waals surface area contributed by atoms with Gasteiger partial charge in [0.05, 0.1) is 6.20 Å². The summed E-state index contributed by atoms with van der Waals surface area (Å²) in [5.74, 6) is -1.94. The van der Waals surface area contributed by atoms with Gasteiger partial charge in [-0.2, -0.15) is 9.97 Å². The normalized spacial score (nSPS) is 11.7. The van der Waals surface area contributed by atoms with Crippen LogP contribution >= 0.6 is 0 Å². The predicted octanol–water partition coefficient (Wildman–Crippen LogP) is -0.199. The van der Waals surface area contributed by atoms with Crippen molar-refractivity contribution in [2.24, 2.45) is 5.73 Å². The molecule has 2 amide bonds. The van der Waals surface area contributed by atoms with Gasteiger partial charge >= 0.3 is 5.97 Å². The summed E-state index contributed by atoms with van der Waals surface area (Å²) in [5, 5.41) is 11.6. The Morgan fingerprint density at radius 2 is 1.81 bits per heavy atom. The van der Waals surface area contributed by atoms with Crippen LogP contribution in [0.1, 0.15) is 23.2 Å². The summed E-state index contributed by atoms with van der Waals surface area (Å²) in [6.07, 6.45) is 1.23. The molecular formula is C19H21N9O4. The Hall–Kier alpha value is -4.55. The Morgan fingerprint density at radius 3 is 2.44 bits per heavy atom. The van der Waals surface area contributed by atoms with Gasteiger partial charge in [-0.15, -0.1) is 0 Å². The minimum absolute atomic E-state index is 0.000894. The van der Waals surface area contributed by atoms with Crippen molar-refractivity contribution in [1.29, 1.82) is 0 Å². The number of carbonyl (C=O) groups excluding carboxylic acids is 2. The van der Waals surface area contributed by atoms with Gasteiger partial charge in [-0.25, -0.2) is 14.8 Å². The first-order valence-electron chi connectivity index (χ1n) is 9.37. The van der Waals surface area contributed by atoms with Gasteiger partial charge in [0.2, 0.25) is 11.9 Å². The summed E-state index contributed by atoms with van der Waals surface area (Å²) >= 11 is 0. The number of hydrogen-bond donors (Lipinski definition) is 5. The number of hydrogen-bond acceptors (Lipinski definition) is 10. The maximum Gasteiger partial charge on any atom is 0.326 e. The fraction of sp³-hybridized carbons (Fsp3) is 0.211. The molecule has 0 aliphatic rings. The second kappa shape index (κ2) is 9.07. The fourth-order valence-corrected chi connectivity index (χ4v) is 2.85. The standard InChI is InChI=1S/C19H21N9O4/c1-28(13-8-23-16-14(25-13)15(21)26-19(22)27-16)10-4-2-9(3-5-10)17(30)24-11(18(31)32)6-7-12(20)29/h2-5,8,11H,6-7H2,1H3,(H2,20,29)(H,24,30)(H,31,32)(H4,21,22,23,26,27)/t11-/m0/s1. The van der Waals surface area contributed by atoms with Gasteiger partial charge in [0, 0.05) is 24.7 Å². The van der Waals surface area contributed by atoms with E-state index in [1.54, 1.807) is 24.1 Å². The van der Waals surface area contributed by atoms with Crippen LogP contribution in [0.25, 0.3) is 11.2 Å². The quantitative estimate of drug-likeness (QED) is 0.309. The number of aromatic nitrogens is 4. The zero-order chi connectivity index (χ0) is 23.4. The smallest absolute Gasteiger partial charge is 0.326 e. The van der Waals surface area contributed by atoms with Crippen LogP contribution in [-0.4, -0.2) is 55.9 Å². The third kappa shape index (κ3) is 4.95. The number of nitrogen functional groups attached to an aromatic ring is 2. The molecule has 1 atom stereocenters. The number of nitrogens with two attached hydrogens (primary N) is 3. The molecule has 0 aliphatic heterocycles. The van der Waals surface area contributed by atoms with E-state index in [4.69, 9.17) is 17.2 Å². The van der Waals surface area contributed by atoms with Crippen molar-refractivity contribution in [3.05, 3.63) is 36.0 Å². The molecule has 3 aromatic rings. The average molecular weight is 439 g/mol. The van der Waals surface area contributed by atoms with Gasteiger partial charge in [-0.3, -0.25) is 9.59 Å². The molecular weight excluding hydrogens is 418 g/mol. The molecule has 0 saturated carbocycles. The molecule has 32 heavy (non-hydrogen) atoms. The van der Waals surface area contributed by atoms with Crippen LogP contribution in [0.3, 0.4) is 0 Å². The number of carbonyl (C=O) groups is 3. The van der Waals surface area contributed by atoms with Crippen molar-refractivity contribution in [3.63, 3.8) is 0 Å². The van der Waals surface area contributed by atoms with E-state index in [0.29, 0.717) is 17.0 Å². The molecule has 0 unspecified atom stereocenters. The van der Waals surface area contributed by atoms with E-state index in [0.717, 1.165) is 0 Å². The number of nitrogens with one attached hydrogen (secondary N) is 1. The first-order valence-corrected chi connectivity index (χ1v) is 9.37. The number of amides is 2. The summed E-state index contributed by atoms with van der Waals surface area (Å²) in [4.78, 5) is 52.8. The van der Waals surface area contributed by atoms with Gasteiger partial charge < -0.3 is 32.5 Å². The summed E-state index contributed by atoms with van der Waals surface area (Å²) in [5.41, 5.74) is 17.9. The van der Waals surface area contributed by atoms with Crippen LogP contribution in [-0.2, 0) is 9.59 Å². The lowest BCUT2D eigenvalue weighted by Gasteiger charge is -2.19. The van der Waals surface area contributed by atoms with Crippen LogP contribution in [0.5, 0.6) is 0 Å². The molecule has 0 radical (unpaired) electrons. The fourth-order valence-electron chi connectivity index (χ4n) is 2.85. The van der Waals surface area contributed by atoms with Crippen LogP contribution in [0.4, 0.5) is 23.3 Å². The molecule has 8 N–H and O–H groups in total. The first-order chi connectivity index (χ1) is 15.2. The predicted molar refractivity (Wildman–Crippen MR) is 116 cm³/mol. The second-order valence-electron chi connectivity index (χ2n) is 6.84. The number of carboxylic acid groups (broad SMARTS) is 1. The van der Waals surface area contributed by atoms with Gasteiger partial charge in [0.25, 0.3) is 5.91 Å². The van der Waals surface area contributed by atoms with Gasteiger partial charge in [-0.1, -0.05) is 0 Å². The average Bonchev–Trinajstić information content (AvgIpc) is 2.75. The molecule has 0 spiro atoms. The molecule has 0 aliphatic carbocycles. The highest BCUT2D eigenvalue weighted by Crippen LogP contribution is 2.24. The number of primary amides is 1. The van der Waals surface area contributed by atoms with E-state index >= 15 is 0 Å². The third-order valence-electron chi connectivity index (χ3n) is 4.58. The minimum Gasteiger partial charge on any atom is -0.480 e. The Labute approximate surface area is 181 Å². The lowest BCUT2D eigenvalue weighted by Crippen LogP contribution is -2.41. The molecule has 2 aromatic heterocycles. The Kier molecular flexibility index (Phi) is 6.28. The molecule has 13 heteroatoms. The lowest BCUT2D eigenvalue weighted by molar-refractivity contribution is -0.139. The second-order valence-corrected chi connectivity index (χ2v) is 6.84. The molecule has 2 heterocycles. The Bertz CT molecular complexity index is 1180. The van der Waals surface area contributed by atoms with Crippen molar-refractivity contribution < 1.29 is 19.5 Å². The Morgan fingerprint density at radius 1 is 1.12 bits per heavy atom. The molecule has 0 bridgehead atoms. The monoisotopic (exact) mass is 439 g/mol. The number of nitrogens with zero attached hydrogens (tertiary/aromatic N) is 5. The number of benzene rings is 1. The zero-order valence-corrected chi connectivity index (χ0v) is 17.0. The lowest BCUT2D eigenvalue weighted by atomic mass is 10.1. The summed E-state index contributed by atoms with van der Waals surface area (Å²) in [6.45, 7) is 0. The molecule has 0 fully saturated rings. The van der Waals surface area contributed by atoms with Crippen molar-refractivity contribution in [2.45, 2.75) is 18.9 Å². The van der Waals surface area contributed by atoms with Gasteiger partial charge in [0.1, 0.15) is 6.04 Å². The maximum atomic E-state index is 12.4. The van der Waals surface area contributed by atoms with Crippen LogP contribution in [0, 0.1) is 0 Å². The summed E-state index contributed by atoms with van der Waals surface area (Å²) in [7, 11) is 1.74.